The third-order valence-electron chi connectivity index (χ3n) is 4.63. The van der Waals surface area contributed by atoms with Crippen LogP contribution in [0.4, 0.5) is 10.5 Å². The van der Waals surface area contributed by atoms with Gasteiger partial charge >= 0.3 is 6.03 Å². The van der Waals surface area contributed by atoms with Gasteiger partial charge in [0.05, 0.1) is 0 Å². The minimum Gasteiger partial charge on any atom is -0.337 e. The van der Waals surface area contributed by atoms with Gasteiger partial charge in [-0.15, -0.1) is 0 Å². The highest BCUT2D eigenvalue weighted by molar-refractivity contribution is 5.90. The van der Waals surface area contributed by atoms with Crippen LogP contribution in [-0.4, -0.2) is 22.5 Å². The highest BCUT2D eigenvalue weighted by Gasteiger charge is 2.07. The lowest BCUT2D eigenvalue weighted by Crippen LogP contribution is -2.31. The first-order valence-electron chi connectivity index (χ1n) is 9.47. The van der Waals surface area contributed by atoms with Crippen molar-refractivity contribution in [1.82, 2.24) is 15.3 Å². The molecule has 2 amide bonds. The molecule has 0 spiro atoms. The van der Waals surface area contributed by atoms with E-state index in [-0.39, 0.29) is 6.03 Å². The highest BCUT2D eigenvalue weighted by Crippen LogP contribution is 2.18. The summed E-state index contributed by atoms with van der Waals surface area (Å²) in [5.74, 6) is 0. The van der Waals surface area contributed by atoms with Crippen molar-refractivity contribution in [3.8, 4) is 0 Å². The molecule has 0 aliphatic heterocycles. The van der Waals surface area contributed by atoms with Crippen LogP contribution in [0, 0.1) is 20.8 Å². The molecular weight excluding hydrogens is 348 g/mol. The number of nitrogens with zero attached hydrogens (tertiary/aromatic N) is 2. The monoisotopic (exact) mass is 374 g/mol. The zero-order valence-corrected chi connectivity index (χ0v) is 16.6. The molecule has 28 heavy (non-hydrogen) atoms. The largest absolute Gasteiger partial charge is 0.337 e. The van der Waals surface area contributed by atoms with Gasteiger partial charge in [-0.05, 0) is 61.2 Å². The van der Waals surface area contributed by atoms with E-state index in [0.717, 1.165) is 45.7 Å². The van der Waals surface area contributed by atoms with E-state index in [2.05, 4.69) is 32.7 Å². The fraction of sp³-hybridized carbons (Fsp3) is 0.261. The summed E-state index contributed by atoms with van der Waals surface area (Å²) < 4.78 is 0. The lowest BCUT2D eigenvalue weighted by molar-refractivity contribution is 0.252. The molecule has 2 aromatic heterocycles. The first kappa shape index (κ1) is 19.5. The van der Waals surface area contributed by atoms with Crippen LogP contribution in [0.1, 0.15) is 33.6 Å². The standard InChI is InChI=1S/C23H26N4O/c1-16-12-18(3)21(26-15-16)9-11-25-23(28)27-22-14-19(8-7-17(22)2)13-20-6-4-5-10-24-20/h4-8,10,12,14-15H,9,11,13H2,1-3H3,(H2,25,27,28). The van der Waals surface area contributed by atoms with Gasteiger partial charge in [-0.3, -0.25) is 9.97 Å². The second-order valence-corrected chi connectivity index (χ2v) is 7.05. The maximum absolute atomic E-state index is 12.3. The van der Waals surface area contributed by atoms with Crippen LogP contribution in [0.25, 0.3) is 0 Å². The number of carbonyl (C=O) groups is 1. The van der Waals surface area contributed by atoms with Gasteiger partial charge in [0.25, 0.3) is 0 Å². The van der Waals surface area contributed by atoms with Gasteiger partial charge in [0.15, 0.2) is 0 Å². The zero-order valence-electron chi connectivity index (χ0n) is 16.6. The molecule has 5 heteroatoms. The van der Waals surface area contributed by atoms with Crippen molar-refractivity contribution in [2.75, 3.05) is 11.9 Å². The van der Waals surface area contributed by atoms with E-state index < -0.39 is 0 Å². The summed E-state index contributed by atoms with van der Waals surface area (Å²) in [6, 6.07) is 13.9. The molecule has 2 heterocycles. The average molecular weight is 374 g/mol. The predicted octanol–water partition coefficient (Wildman–Crippen LogP) is 4.36. The molecule has 0 radical (unpaired) electrons. The van der Waals surface area contributed by atoms with Gasteiger partial charge in [0.2, 0.25) is 0 Å². The SMILES string of the molecule is Cc1cnc(CCNC(=O)Nc2cc(Cc3ccccn3)ccc2C)c(C)c1. The molecule has 0 aliphatic carbocycles. The topological polar surface area (TPSA) is 66.9 Å². The maximum atomic E-state index is 12.3. The number of hydrogen-bond donors (Lipinski definition) is 2. The first-order valence-corrected chi connectivity index (χ1v) is 9.47. The Bertz CT molecular complexity index is 954. The smallest absolute Gasteiger partial charge is 0.319 e. The van der Waals surface area contributed by atoms with Gasteiger partial charge in [-0.1, -0.05) is 24.3 Å². The lowest BCUT2D eigenvalue weighted by atomic mass is 10.1. The number of nitrogens with one attached hydrogen (secondary N) is 2. The molecule has 0 unspecified atom stereocenters. The van der Waals surface area contributed by atoms with Gasteiger partial charge in [-0.25, -0.2) is 4.79 Å². The summed E-state index contributed by atoms with van der Waals surface area (Å²) in [4.78, 5) is 21.1. The molecule has 0 atom stereocenters. The number of aryl methyl sites for hydroxylation is 3. The predicted molar refractivity (Wildman–Crippen MR) is 113 cm³/mol. The van der Waals surface area contributed by atoms with Crippen LogP contribution < -0.4 is 10.6 Å². The number of amides is 2. The third kappa shape index (κ3) is 5.39. The van der Waals surface area contributed by atoms with E-state index in [4.69, 9.17) is 0 Å². The molecule has 3 rings (SSSR count). The van der Waals surface area contributed by atoms with Crippen LogP contribution in [0.15, 0.2) is 54.9 Å². The molecule has 1 aromatic carbocycles. The summed E-state index contributed by atoms with van der Waals surface area (Å²) in [7, 11) is 0. The second kappa shape index (κ2) is 9.13. The van der Waals surface area contributed by atoms with E-state index in [1.807, 2.05) is 57.3 Å². The third-order valence-corrected chi connectivity index (χ3v) is 4.63. The van der Waals surface area contributed by atoms with E-state index in [1.54, 1.807) is 6.20 Å². The quantitative estimate of drug-likeness (QED) is 0.674. The molecule has 3 aromatic rings. The maximum Gasteiger partial charge on any atom is 0.319 e. The number of pyridine rings is 2. The lowest BCUT2D eigenvalue weighted by Gasteiger charge is -2.12. The molecule has 2 N–H and O–H groups in total. The van der Waals surface area contributed by atoms with Crippen LogP contribution in [0.3, 0.4) is 0 Å². The van der Waals surface area contributed by atoms with Crippen molar-refractivity contribution < 1.29 is 4.79 Å². The molecule has 144 valence electrons. The average Bonchev–Trinajstić information content (AvgIpc) is 2.67. The minimum absolute atomic E-state index is 0.206. The minimum atomic E-state index is -0.206. The number of carbonyl (C=O) groups excluding carboxylic acids is 1. The Morgan fingerprint density at radius 1 is 1.00 bits per heavy atom. The number of benzene rings is 1. The molecule has 0 fully saturated rings. The fourth-order valence-electron chi connectivity index (χ4n) is 3.09. The first-order chi connectivity index (χ1) is 13.5. The van der Waals surface area contributed by atoms with Crippen LogP contribution >= 0.6 is 0 Å². The van der Waals surface area contributed by atoms with Crippen LogP contribution in [0.2, 0.25) is 0 Å². The Labute approximate surface area is 166 Å². The second-order valence-electron chi connectivity index (χ2n) is 7.05. The highest BCUT2D eigenvalue weighted by atomic mass is 16.2. The Balaban J connectivity index is 1.56. The molecule has 5 nitrogen and oxygen atoms in total. The Morgan fingerprint density at radius 3 is 2.61 bits per heavy atom. The fourth-order valence-corrected chi connectivity index (χ4v) is 3.09. The summed E-state index contributed by atoms with van der Waals surface area (Å²) in [5, 5.41) is 5.87. The number of anilines is 1. The van der Waals surface area contributed by atoms with Crippen molar-refractivity contribution in [3.63, 3.8) is 0 Å². The number of hydrogen-bond acceptors (Lipinski definition) is 3. The molecule has 0 saturated heterocycles. The summed E-state index contributed by atoms with van der Waals surface area (Å²) in [6.07, 6.45) is 5.09. The molecule has 0 saturated carbocycles. The van der Waals surface area contributed by atoms with Crippen molar-refractivity contribution in [2.45, 2.75) is 33.6 Å². The Kier molecular flexibility index (Phi) is 6.37. The molecular formula is C23H26N4O. The Hall–Kier alpha value is -3.21. The normalized spacial score (nSPS) is 10.5. The summed E-state index contributed by atoms with van der Waals surface area (Å²) in [5.41, 5.74) is 7.26. The molecule has 0 bridgehead atoms. The zero-order chi connectivity index (χ0) is 19.9. The van der Waals surface area contributed by atoms with Crippen LogP contribution in [-0.2, 0) is 12.8 Å². The van der Waals surface area contributed by atoms with E-state index in [0.29, 0.717) is 13.0 Å². The molecule has 0 aliphatic rings. The van der Waals surface area contributed by atoms with Crippen molar-refractivity contribution in [1.29, 1.82) is 0 Å². The van der Waals surface area contributed by atoms with Gasteiger partial charge in [0.1, 0.15) is 0 Å². The number of aromatic nitrogens is 2. The van der Waals surface area contributed by atoms with Gasteiger partial charge < -0.3 is 10.6 Å². The van der Waals surface area contributed by atoms with Crippen LogP contribution in [0.5, 0.6) is 0 Å². The van der Waals surface area contributed by atoms with Gasteiger partial charge in [-0.2, -0.15) is 0 Å². The summed E-state index contributed by atoms with van der Waals surface area (Å²) >= 11 is 0. The van der Waals surface area contributed by atoms with E-state index in [9.17, 15) is 4.79 Å². The van der Waals surface area contributed by atoms with Crippen molar-refractivity contribution >= 4 is 11.7 Å². The van der Waals surface area contributed by atoms with Crippen molar-refractivity contribution in [3.05, 3.63) is 88.5 Å². The van der Waals surface area contributed by atoms with E-state index in [1.165, 1.54) is 0 Å². The summed E-state index contributed by atoms with van der Waals surface area (Å²) in [6.45, 7) is 6.60. The van der Waals surface area contributed by atoms with E-state index >= 15 is 0 Å². The number of urea groups is 1. The Morgan fingerprint density at radius 2 is 1.86 bits per heavy atom. The number of rotatable bonds is 6. The van der Waals surface area contributed by atoms with Gasteiger partial charge in [0, 0.05) is 48.9 Å². The van der Waals surface area contributed by atoms with Crippen molar-refractivity contribution in [2.24, 2.45) is 0 Å².